The monoisotopic (exact) mass is 210 g/mol. The van der Waals surface area contributed by atoms with Crippen LogP contribution in [-0.2, 0) is 0 Å². The van der Waals surface area contributed by atoms with Crippen molar-refractivity contribution in [2.75, 3.05) is 7.11 Å². The number of pyridine rings is 1. The van der Waals surface area contributed by atoms with E-state index >= 15 is 0 Å². The second kappa shape index (κ2) is 3.45. The molecule has 13 heavy (non-hydrogen) atoms. The minimum absolute atomic E-state index is 0.0985. The summed E-state index contributed by atoms with van der Waals surface area (Å²) in [4.78, 5) is 3.53. The van der Waals surface area contributed by atoms with Gasteiger partial charge in [0.25, 0.3) is 0 Å². The number of hydrogen-bond acceptors (Lipinski definition) is 2. The van der Waals surface area contributed by atoms with E-state index in [1.165, 1.54) is 7.11 Å². The topological polar surface area (TPSA) is 22.1 Å². The molecule has 0 spiro atoms. The fourth-order valence-corrected chi connectivity index (χ4v) is 1.02. The Labute approximate surface area is 77.7 Å². The molecule has 0 N–H and O–H groups in total. The SMILES string of the molecule is COc1cc([B-](F)(F)F)c(Cl)cn1. The summed E-state index contributed by atoms with van der Waals surface area (Å²) in [7, 11) is 1.24. The summed E-state index contributed by atoms with van der Waals surface area (Å²) in [5.41, 5.74) is -0.881. The van der Waals surface area contributed by atoms with Crippen LogP contribution in [0.5, 0.6) is 5.88 Å². The van der Waals surface area contributed by atoms with Crippen LogP contribution in [0.1, 0.15) is 0 Å². The highest BCUT2D eigenvalue weighted by Crippen LogP contribution is 2.18. The fourth-order valence-electron chi connectivity index (χ4n) is 0.797. The maximum Gasteiger partial charge on any atom is 0.511 e. The van der Waals surface area contributed by atoms with Gasteiger partial charge in [0.1, 0.15) is 0 Å². The van der Waals surface area contributed by atoms with E-state index < -0.39 is 17.5 Å². The molecule has 0 aliphatic rings. The molecule has 1 aromatic rings. The van der Waals surface area contributed by atoms with Gasteiger partial charge in [0.15, 0.2) is 0 Å². The van der Waals surface area contributed by atoms with E-state index in [1.807, 2.05) is 0 Å². The minimum Gasteiger partial charge on any atom is -0.481 e. The summed E-state index contributed by atoms with van der Waals surface area (Å²) in [6.45, 7) is -5.11. The summed E-state index contributed by atoms with van der Waals surface area (Å²) < 4.78 is 41.3. The zero-order valence-corrected chi connectivity index (χ0v) is 7.36. The van der Waals surface area contributed by atoms with E-state index in [4.69, 9.17) is 11.6 Å². The van der Waals surface area contributed by atoms with Crippen molar-refractivity contribution in [1.29, 1.82) is 0 Å². The van der Waals surface area contributed by atoms with E-state index in [0.717, 1.165) is 12.3 Å². The third-order valence-electron chi connectivity index (χ3n) is 1.42. The number of rotatable bonds is 2. The summed E-state index contributed by atoms with van der Waals surface area (Å²) in [5.74, 6) is -0.0985. The lowest BCUT2D eigenvalue weighted by Gasteiger charge is -2.16. The fraction of sp³-hybridized carbons (Fsp3) is 0.167. The summed E-state index contributed by atoms with van der Waals surface area (Å²) in [6, 6.07) is 0.780. The first kappa shape index (κ1) is 10.2. The molecule has 0 bridgehead atoms. The predicted octanol–water partition coefficient (Wildman–Crippen LogP) is 1.80. The van der Waals surface area contributed by atoms with Crippen molar-refractivity contribution in [2.24, 2.45) is 0 Å². The first-order chi connectivity index (χ1) is 5.95. The zero-order chi connectivity index (χ0) is 10.1. The Morgan fingerprint density at radius 1 is 1.46 bits per heavy atom. The van der Waals surface area contributed by atoms with Crippen LogP contribution in [0.3, 0.4) is 0 Å². The van der Waals surface area contributed by atoms with Gasteiger partial charge in [0.05, 0.1) is 7.11 Å². The third-order valence-corrected chi connectivity index (χ3v) is 1.74. The molecular formula is C6H5BClF3NO-. The second-order valence-corrected chi connectivity index (χ2v) is 2.73. The van der Waals surface area contributed by atoms with Gasteiger partial charge in [0.2, 0.25) is 5.88 Å². The number of nitrogens with zero attached hydrogens (tertiary/aromatic N) is 1. The van der Waals surface area contributed by atoms with Gasteiger partial charge in [-0.3, -0.25) is 0 Å². The van der Waals surface area contributed by atoms with Crippen molar-refractivity contribution in [3.8, 4) is 5.88 Å². The zero-order valence-electron chi connectivity index (χ0n) is 6.60. The Bertz CT molecular complexity index is 317. The molecule has 0 radical (unpaired) electrons. The molecule has 1 rings (SSSR count). The molecule has 7 heteroatoms. The molecule has 0 aliphatic carbocycles. The van der Waals surface area contributed by atoms with E-state index in [2.05, 4.69) is 9.72 Å². The van der Waals surface area contributed by atoms with Crippen molar-refractivity contribution in [3.63, 3.8) is 0 Å². The maximum absolute atomic E-state index is 12.3. The van der Waals surface area contributed by atoms with Crippen molar-refractivity contribution < 1.29 is 17.7 Å². The van der Waals surface area contributed by atoms with E-state index in [-0.39, 0.29) is 5.88 Å². The Morgan fingerprint density at radius 2 is 2.08 bits per heavy atom. The summed E-state index contributed by atoms with van der Waals surface area (Å²) >= 11 is 5.32. The molecule has 1 heterocycles. The Balaban J connectivity index is 3.19. The van der Waals surface area contributed by atoms with Gasteiger partial charge in [-0.25, -0.2) is 4.98 Å². The van der Waals surface area contributed by atoms with Gasteiger partial charge < -0.3 is 17.7 Å². The molecule has 1 aromatic heterocycles. The predicted molar refractivity (Wildman–Crippen MR) is 44.5 cm³/mol. The maximum atomic E-state index is 12.3. The molecule has 0 amide bonds. The van der Waals surface area contributed by atoms with Gasteiger partial charge in [-0.15, -0.1) is 0 Å². The molecule has 0 atom stereocenters. The molecular weight excluding hydrogens is 205 g/mol. The highest BCUT2D eigenvalue weighted by Gasteiger charge is 2.28. The van der Waals surface area contributed by atoms with Crippen molar-refractivity contribution >= 4 is 24.0 Å². The van der Waals surface area contributed by atoms with Crippen molar-refractivity contribution in [2.45, 2.75) is 0 Å². The molecule has 0 aliphatic heterocycles. The molecule has 72 valence electrons. The Kier molecular flexibility index (Phi) is 2.70. The van der Waals surface area contributed by atoms with Gasteiger partial charge in [-0.05, 0) is 6.07 Å². The van der Waals surface area contributed by atoms with Crippen LogP contribution < -0.4 is 10.2 Å². The number of aromatic nitrogens is 1. The standard InChI is InChI=1S/C6H5BClF3NO/c1-13-6-2-4(7(9,10)11)5(8)3-12-6/h2-3H,1H3/q-1. The van der Waals surface area contributed by atoms with Gasteiger partial charge in [0, 0.05) is 11.2 Å². The summed E-state index contributed by atoms with van der Waals surface area (Å²) in [6.07, 6.45) is 0.922. The molecule has 2 nitrogen and oxygen atoms in total. The molecule has 0 unspecified atom stereocenters. The average molecular weight is 210 g/mol. The quantitative estimate of drug-likeness (QED) is 0.694. The van der Waals surface area contributed by atoms with E-state index in [0.29, 0.717) is 0 Å². The van der Waals surface area contributed by atoms with Crippen LogP contribution in [-0.4, -0.2) is 19.1 Å². The highest BCUT2D eigenvalue weighted by molar-refractivity contribution is 6.75. The number of ether oxygens (including phenoxy) is 1. The van der Waals surface area contributed by atoms with E-state index in [9.17, 15) is 12.9 Å². The third kappa shape index (κ3) is 2.27. The first-order valence-electron chi connectivity index (χ1n) is 3.34. The van der Waals surface area contributed by atoms with E-state index in [1.54, 1.807) is 0 Å². The van der Waals surface area contributed by atoms with Crippen LogP contribution in [0, 0.1) is 0 Å². The number of hydrogen-bond donors (Lipinski definition) is 0. The lowest BCUT2D eigenvalue weighted by molar-refractivity contribution is 0.397. The lowest BCUT2D eigenvalue weighted by atomic mass is 9.81. The molecule has 0 saturated heterocycles. The average Bonchev–Trinajstić information content (AvgIpc) is 2.03. The first-order valence-corrected chi connectivity index (χ1v) is 3.72. The summed E-state index contributed by atoms with van der Waals surface area (Å²) in [5, 5.41) is -0.409. The van der Waals surface area contributed by atoms with Gasteiger partial charge >= 0.3 is 6.98 Å². The smallest absolute Gasteiger partial charge is 0.481 e. The van der Waals surface area contributed by atoms with Crippen LogP contribution in [0.15, 0.2) is 12.3 Å². The van der Waals surface area contributed by atoms with Gasteiger partial charge in [-0.1, -0.05) is 17.1 Å². The largest absolute Gasteiger partial charge is 0.511 e. The van der Waals surface area contributed by atoms with Crippen molar-refractivity contribution in [1.82, 2.24) is 4.98 Å². The van der Waals surface area contributed by atoms with Crippen LogP contribution in [0.4, 0.5) is 12.9 Å². The van der Waals surface area contributed by atoms with Crippen molar-refractivity contribution in [3.05, 3.63) is 17.3 Å². The van der Waals surface area contributed by atoms with Crippen LogP contribution in [0.2, 0.25) is 5.02 Å². The highest BCUT2D eigenvalue weighted by atomic mass is 35.5. The number of methoxy groups -OCH3 is 1. The lowest BCUT2D eigenvalue weighted by Crippen LogP contribution is -2.35. The normalized spacial score (nSPS) is 11.5. The molecule has 0 fully saturated rings. The molecule has 0 aromatic carbocycles. The Hall–Kier alpha value is -0.905. The Morgan fingerprint density at radius 3 is 2.54 bits per heavy atom. The molecule has 0 saturated carbocycles. The number of halogens is 4. The minimum atomic E-state index is -5.11. The van der Waals surface area contributed by atoms with Gasteiger partial charge in [-0.2, -0.15) is 0 Å². The van der Waals surface area contributed by atoms with Crippen LogP contribution >= 0.6 is 11.6 Å². The van der Waals surface area contributed by atoms with Crippen LogP contribution in [0.25, 0.3) is 0 Å². The second-order valence-electron chi connectivity index (χ2n) is 2.32.